The van der Waals surface area contributed by atoms with Gasteiger partial charge in [0.25, 0.3) is 0 Å². The number of ketones is 1. The fourth-order valence-electron chi connectivity index (χ4n) is 2.68. The van der Waals surface area contributed by atoms with E-state index >= 15 is 0 Å². The highest BCUT2D eigenvalue weighted by atomic mass is 35.5. The first-order chi connectivity index (χ1) is 8.69. The molecule has 2 nitrogen and oxygen atoms in total. The summed E-state index contributed by atoms with van der Waals surface area (Å²) in [5.41, 5.74) is -0.625. The number of Topliss-reactive ketones (excluding diaryl/α,β-unsaturated/α-hetero) is 1. The lowest BCUT2D eigenvalue weighted by atomic mass is 9.88. The highest BCUT2D eigenvalue weighted by Gasteiger charge is 2.41. The summed E-state index contributed by atoms with van der Waals surface area (Å²) in [6.45, 7) is 2.53. The molecule has 1 aliphatic carbocycles. The first kappa shape index (κ1) is 14.0. The van der Waals surface area contributed by atoms with Crippen molar-refractivity contribution in [2.75, 3.05) is 6.61 Å². The monoisotopic (exact) mass is 286 g/mol. The van der Waals surface area contributed by atoms with E-state index in [1.54, 1.807) is 6.07 Å². The Balaban J connectivity index is 2.28. The van der Waals surface area contributed by atoms with Crippen molar-refractivity contribution in [1.29, 1.82) is 0 Å². The van der Waals surface area contributed by atoms with Gasteiger partial charge in [0.15, 0.2) is 0 Å². The molecule has 0 bridgehead atoms. The van der Waals surface area contributed by atoms with Crippen LogP contribution >= 0.6 is 22.9 Å². The van der Waals surface area contributed by atoms with Crippen LogP contribution in [0.4, 0.5) is 0 Å². The molecule has 0 aromatic carbocycles. The number of carbonyl (C=O) groups is 1. The van der Waals surface area contributed by atoms with E-state index in [0.29, 0.717) is 16.5 Å². The van der Waals surface area contributed by atoms with Crippen molar-refractivity contribution in [1.82, 2.24) is 0 Å². The Morgan fingerprint density at radius 2 is 2.06 bits per heavy atom. The Hall–Kier alpha value is -0.380. The smallest absolute Gasteiger partial charge is 0.206 e. The van der Waals surface area contributed by atoms with Crippen LogP contribution in [0, 0.1) is 0 Å². The number of hydrogen-bond acceptors (Lipinski definition) is 3. The third-order valence-corrected chi connectivity index (χ3v) is 4.91. The molecule has 2 rings (SSSR count). The van der Waals surface area contributed by atoms with Crippen LogP contribution in [0.25, 0.3) is 0 Å². The lowest BCUT2D eigenvalue weighted by Crippen LogP contribution is -2.41. The van der Waals surface area contributed by atoms with E-state index in [9.17, 15) is 4.79 Å². The van der Waals surface area contributed by atoms with Crippen molar-refractivity contribution in [3.63, 3.8) is 0 Å². The summed E-state index contributed by atoms with van der Waals surface area (Å²) in [5.74, 6) is 0.0891. The van der Waals surface area contributed by atoms with Crippen LogP contribution in [0.1, 0.15) is 55.1 Å². The van der Waals surface area contributed by atoms with Gasteiger partial charge in [-0.25, -0.2) is 0 Å². The fraction of sp³-hybridized carbons (Fsp3) is 0.643. The largest absolute Gasteiger partial charge is 0.367 e. The van der Waals surface area contributed by atoms with Crippen molar-refractivity contribution in [3.05, 3.63) is 21.3 Å². The maximum atomic E-state index is 12.7. The summed E-state index contributed by atoms with van der Waals surface area (Å²) >= 11 is 7.51. The summed E-state index contributed by atoms with van der Waals surface area (Å²) in [4.78, 5) is 13.4. The summed E-state index contributed by atoms with van der Waals surface area (Å²) in [5, 5.41) is 2.43. The zero-order valence-corrected chi connectivity index (χ0v) is 12.3. The molecule has 1 saturated carbocycles. The van der Waals surface area contributed by atoms with Gasteiger partial charge in [-0.1, -0.05) is 37.3 Å². The highest BCUT2D eigenvalue weighted by molar-refractivity contribution is 7.12. The zero-order chi connectivity index (χ0) is 13.0. The van der Waals surface area contributed by atoms with E-state index in [1.165, 1.54) is 24.2 Å². The van der Waals surface area contributed by atoms with Crippen molar-refractivity contribution in [2.45, 2.75) is 51.0 Å². The molecule has 4 heteroatoms. The third kappa shape index (κ3) is 2.79. The third-order valence-electron chi connectivity index (χ3n) is 3.57. The van der Waals surface area contributed by atoms with Crippen molar-refractivity contribution < 1.29 is 9.53 Å². The second kappa shape index (κ2) is 6.18. The van der Waals surface area contributed by atoms with Crippen LogP contribution in [0.15, 0.2) is 11.4 Å². The second-order valence-electron chi connectivity index (χ2n) is 4.77. The summed E-state index contributed by atoms with van der Waals surface area (Å²) < 4.78 is 5.89. The molecule has 1 aromatic rings. The van der Waals surface area contributed by atoms with Crippen LogP contribution < -0.4 is 0 Å². The molecule has 100 valence electrons. The van der Waals surface area contributed by atoms with E-state index in [4.69, 9.17) is 16.3 Å². The number of ether oxygens (including phenoxy) is 1. The second-order valence-corrected chi connectivity index (χ2v) is 6.09. The normalized spacial score (nSPS) is 19.4. The predicted molar refractivity (Wildman–Crippen MR) is 75.7 cm³/mol. The van der Waals surface area contributed by atoms with Gasteiger partial charge in [-0.05, 0) is 31.2 Å². The molecule has 0 spiro atoms. The zero-order valence-electron chi connectivity index (χ0n) is 10.7. The van der Waals surface area contributed by atoms with Crippen LogP contribution in [0.3, 0.4) is 0 Å². The minimum Gasteiger partial charge on any atom is -0.367 e. The minimum absolute atomic E-state index is 0.0891. The van der Waals surface area contributed by atoms with Crippen molar-refractivity contribution in [3.8, 4) is 0 Å². The Kier molecular flexibility index (Phi) is 4.82. The molecule has 0 N–H and O–H groups in total. The van der Waals surface area contributed by atoms with Gasteiger partial charge in [-0.3, -0.25) is 4.79 Å². The SMILES string of the molecule is CCOC1(C(=O)c2sccc2Cl)CCCCCC1. The van der Waals surface area contributed by atoms with Crippen LogP contribution in [0.5, 0.6) is 0 Å². The maximum Gasteiger partial charge on any atom is 0.206 e. The van der Waals surface area contributed by atoms with E-state index in [0.717, 1.165) is 25.7 Å². The number of hydrogen-bond donors (Lipinski definition) is 0. The van der Waals surface area contributed by atoms with Crippen molar-refractivity contribution >= 4 is 28.7 Å². The summed E-state index contributed by atoms with van der Waals surface area (Å²) in [6, 6.07) is 1.79. The Morgan fingerprint density at radius 3 is 2.56 bits per heavy atom. The van der Waals surface area contributed by atoms with Crippen LogP contribution in [0.2, 0.25) is 5.02 Å². The van der Waals surface area contributed by atoms with Gasteiger partial charge in [0.2, 0.25) is 5.78 Å². The Morgan fingerprint density at radius 1 is 1.39 bits per heavy atom. The van der Waals surface area contributed by atoms with Gasteiger partial charge in [-0.2, -0.15) is 0 Å². The first-order valence-corrected chi connectivity index (χ1v) is 7.87. The quantitative estimate of drug-likeness (QED) is 0.592. The molecule has 0 aliphatic heterocycles. The number of rotatable bonds is 4. The molecule has 0 saturated heterocycles. The van der Waals surface area contributed by atoms with Crippen LogP contribution in [-0.4, -0.2) is 18.0 Å². The molecular weight excluding hydrogens is 268 g/mol. The molecule has 0 unspecified atom stereocenters. The Bertz CT molecular complexity index is 406. The van der Waals surface area contributed by atoms with Crippen molar-refractivity contribution in [2.24, 2.45) is 0 Å². The van der Waals surface area contributed by atoms with Gasteiger partial charge in [0.1, 0.15) is 5.60 Å². The minimum atomic E-state index is -0.625. The highest BCUT2D eigenvalue weighted by Crippen LogP contribution is 2.36. The standard InChI is InChI=1S/C14H19ClO2S/c1-2-17-14(8-5-3-4-6-9-14)13(16)12-11(15)7-10-18-12/h7,10H,2-6,8-9H2,1H3. The molecule has 18 heavy (non-hydrogen) atoms. The molecule has 0 atom stereocenters. The average molecular weight is 287 g/mol. The lowest BCUT2D eigenvalue weighted by Gasteiger charge is -2.30. The summed E-state index contributed by atoms with van der Waals surface area (Å²) in [7, 11) is 0. The van der Waals surface area contributed by atoms with Gasteiger partial charge in [0, 0.05) is 6.61 Å². The van der Waals surface area contributed by atoms with E-state index in [2.05, 4.69) is 0 Å². The number of carbonyl (C=O) groups excluding carboxylic acids is 1. The Labute approximate surface area is 117 Å². The van der Waals surface area contributed by atoms with Gasteiger partial charge >= 0.3 is 0 Å². The molecule has 1 aromatic heterocycles. The van der Waals surface area contributed by atoms with E-state index in [1.807, 2.05) is 12.3 Å². The van der Waals surface area contributed by atoms with Crippen LogP contribution in [-0.2, 0) is 4.74 Å². The maximum absolute atomic E-state index is 12.7. The summed E-state index contributed by atoms with van der Waals surface area (Å²) in [6.07, 6.45) is 6.17. The number of halogens is 1. The van der Waals surface area contributed by atoms with E-state index in [-0.39, 0.29) is 5.78 Å². The fourth-order valence-corrected chi connectivity index (χ4v) is 3.85. The topological polar surface area (TPSA) is 26.3 Å². The van der Waals surface area contributed by atoms with Gasteiger partial charge in [-0.15, -0.1) is 11.3 Å². The molecule has 0 amide bonds. The molecule has 1 aliphatic rings. The molecular formula is C14H19ClO2S. The lowest BCUT2D eigenvalue weighted by molar-refractivity contribution is -0.0289. The predicted octanol–water partition coefficient (Wildman–Crippen LogP) is 4.71. The van der Waals surface area contributed by atoms with Gasteiger partial charge in [0.05, 0.1) is 9.90 Å². The molecule has 1 heterocycles. The number of thiophene rings is 1. The first-order valence-electron chi connectivity index (χ1n) is 6.61. The van der Waals surface area contributed by atoms with E-state index < -0.39 is 5.60 Å². The molecule has 1 fully saturated rings. The average Bonchev–Trinajstić information content (AvgIpc) is 2.64. The van der Waals surface area contributed by atoms with Gasteiger partial charge < -0.3 is 4.74 Å². The molecule has 0 radical (unpaired) electrons.